The molecule has 0 radical (unpaired) electrons. The third-order valence-corrected chi connectivity index (χ3v) is 4.64. The van der Waals surface area contributed by atoms with Crippen LogP contribution >= 0.6 is 0 Å². The molecule has 1 aromatic carbocycles. The summed E-state index contributed by atoms with van der Waals surface area (Å²) in [5, 5.41) is 3.57. The Hall–Kier alpha value is -1.39. The fraction of sp³-hybridized carbons (Fsp3) is 0.588. The van der Waals surface area contributed by atoms with E-state index in [2.05, 4.69) is 24.3 Å². The first-order valence-electron chi connectivity index (χ1n) is 7.63. The lowest BCUT2D eigenvalue weighted by Gasteiger charge is -2.36. The van der Waals surface area contributed by atoms with Crippen molar-refractivity contribution in [1.82, 2.24) is 10.2 Å². The van der Waals surface area contributed by atoms with Gasteiger partial charge >= 0.3 is 5.97 Å². The first-order chi connectivity index (χ1) is 10.1. The Morgan fingerprint density at radius 3 is 2.38 bits per heavy atom. The molecule has 4 heteroatoms. The maximum atomic E-state index is 11.4. The summed E-state index contributed by atoms with van der Waals surface area (Å²) in [5.74, 6) is -0.285. The van der Waals surface area contributed by atoms with Crippen molar-refractivity contribution in [1.29, 1.82) is 0 Å². The van der Waals surface area contributed by atoms with E-state index in [1.807, 2.05) is 24.3 Å². The van der Waals surface area contributed by atoms with Gasteiger partial charge in [0.25, 0.3) is 0 Å². The molecule has 1 aliphatic carbocycles. The topological polar surface area (TPSA) is 41.6 Å². The standard InChI is InChI=1S/C17H26N2O2/c1-19(2)17(10-4-5-11-17)13-18-12-14-6-8-15(9-7-14)16(20)21-3/h6-9,18H,4-5,10-13H2,1-3H3. The van der Waals surface area contributed by atoms with Gasteiger partial charge in [-0.25, -0.2) is 4.79 Å². The number of carbonyl (C=O) groups is 1. The molecule has 0 spiro atoms. The van der Waals surface area contributed by atoms with Gasteiger partial charge < -0.3 is 15.0 Å². The van der Waals surface area contributed by atoms with Crippen molar-refractivity contribution in [3.63, 3.8) is 0 Å². The van der Waals surface area contributed by atoms with Gasteiger partial charge in [-0.05, 0) is 44.6 Å². The summed E-state index contributed by atoms with van der Waals surface area (Å²) in [6.07, 6.45) is 5.20. The zero-order valence-electron chi connectivity index (χ0n) is 13.3. The van der Waals surface area contributed by atoms with E-state index >= 15 is 0 Å². The monoisotopic (exact) mass is 290 g/mol. The number of likely N-dealkylation sites (N-methyl/N-ethyl adjacent to an activating group) is 1. The summed E-state index contributed by atoms with van der Waals surface area (Å²) in [4.78, 5) is 13.8. The molecular formula is C17H26N2O2. The Bertz CT molecular complexity index is 462. The molecule has 116 valence electrons. The Morgan fingerprint density at radius 1 is 1.24 bits per heavy atom. The van der Waals surface area contributed by atoms with Gasteiger partial charge in [0.2, 0.25) is 0 Å². The maximum absolute atomic E-state index is 11.4. The smallest absolute Gasteiger partial charge is 0.337 e. The quantitative estimate of drug-likeness (QED) is 0.817. The van der Waals surface area contributed by atoms with E-state index in [0.29, 0.717) is 11.1 Å². The van der Waals surface area contributed by atoms with Crippen LogP contribution in [0.1, 0.15) is 41.6 Å². The van der Waals surface area contributed by atoms with Crippen LogP contribution in [0.2, 0.25) is 0 Å². The number of carbonyl (C=O) groups excluding carboxylic acids is 1. The Morgan fingerprint density at radius 2 is 1.86 bits per heavy atom. The van der Waals surface area contributed by atoms with Gasteiger partial charge in [-0.2, -0.15) is 0 Å². The van der Waals surface area contributed by atoms with Crippen LogP contribution in [0.3, 0.4) is 0 Å². The zero-order chi connectivity index (χ0) is 15.3. The van der Waals surface area contributed by atoms with Crippen molar-refractivity contribution in [3.8, 4) is 0 Å². The molecule has 0 saturated heterocycles. The summed E-state index contributed by atoms with van der Waals surface area (Å²) in [7, 11) is 5.76. The molecule has 0 aromatic heterocycles. The van der Waals surface area contributed by atoms with Crippen molar-refractivity contribution in [2.24, 2.45) is 0 Å². The maximum Gasteiger partial charge on any atom is 0.337 e. The van der Waals surface area contributed by atoms with E-state index in [-0.39, 0.29) is 5.97 Å². The number of methoxy groups -OCH3 is 1. The van der Waals surface area contributed by atoms with E-state index in [0.717, 1.165) is 13.1 Å². The largest absolute Gasteiger partial charge is 0.465 e. The van der Waals surface area contributed by atoms with Crippen molar-refractivity contribution in [2.45, 2.75) is 37.8 Å². The van der Waals surface area contributed by atoms with E-state index in [1.54, 1.807) is 0 Å². The minimum absolute atomic E-state index is 0.285. The molecule has 0 amide bonds. The highest BCUT2D eigenvalue weighted by molar-refractivity contribution is 5.89. The van der Waals surface area contributed by atoms with Crippen LogP contribution in [0.15, 0.2) is 24.3 Å². The minimum Gasteiger partial charge on any atom is -0.465 e. The molecule has 1 aromatic rings. The van der Waals surface area contributed by atoms with Crippen molar-refractivity contribution < 1.29 is 9.53 Å². The van der Waals surface area contributed by atoms with Gasteiger partial charge in [-0.3, -0.25) is 0 Å². The molecule has 21 heavy (non-hydrogen) atoms. The highest BCUT2D eigenvalue weighted by atomic mass is 16.5. The zero-order valence-corrected chi connectivity index (χ0v) is 13.3. The Balaban J connectivity index is 1.87. The SMILES string of the molecule is COC(=O)c1ccc(CNCC2(N(C)C)CCCC2)cc1. The van der Waals surface area contributed by atoms with Gasteiger partial charge in [0.15, 0.2) is 0 Å². The summed E-state index contributed by atoms with van der Waals surface area (Å²) < 4.78 is 4.70. The molecule has 0 bridgehead atoms. The molecule has 4 nitrogen and oxygen atoms in total. The molecule has 1 aliphatic rings. The summed E-state index contributed by atoms with van der Waals surface area (Å²) in [5.41, 5.74) is 2.10. The number of nitrogens with one attached hydrogen (secondary N) is 1. The van der Waals surface area contributed by atoms with E-state index < -0.39 is 0 Å². The van der Waals surface area contributed by atoms with Crippen molar-refractivity contribution >= 4 is 5.97 Å². The number of rotatable bonds is 6. The average Bonchev–Trinajstić information content (AvgIpc) is 2.97. The number of ether oxygens (including phenoxy) is 1. The molecular weight excluding hydrogens is 264 g/mol. The third kappa shape index (κ3) is 3.83. The van der Waals surface area contributed by atoms with Gasteiger partial charge in [0, 0.05) is 18.6 Å². The predicted octanol–water partition coefficient (Wildman–Crippen LogP) is 2.44. The first-order valence-corrected chi connectivity index (χ1v) is 7.63. The van der Waals surface area contributed by atoms with Gasteiger partial charge in [0.05, 0.1) is 12.7 Å². The highest BCUT2D eigenvalue weighted by Crippen LogP contribution is 2.33. The normalized spacial score (nSPS) is 17.1. The number of esters is 1. The second-order valence-electron chi connectivity index (χ2n) is 6.12. The molecule has 1 N–H and O–H groups in total. The molecule has 0 unspecified atom stereocenters. The van der Waals surface area contributed by atoms with Gasteiger partial charge in [-0.15, -0.1) is 0 Å². The average molecular weight is 290 g/mol. The molecule has 1 saturated carbocycles. The third-order valence-electron chi connectivity index (χ3n) is 4.64. The summed E-state index contributed by atoms with van der Waals surface area (Å²) in [6.45, 7) is 1.84. The lowest BCUT2D eigenvalue weighted by atomic mass is 9.96. The fourth-order valence-corrected chi connectivity index (χ4v) is 3.13. The van der Waals surface area contributed by atoms with Crippen LogP contribution in [0.4, 0.5) is 0 Å². The number of hydrogen-bond acceptors (Lipinski definition) is 4. The van der Waals surface area contributed by atoms with Crippen LogP contribution in [-0.4, -0.2) is 44.2 Å². The molecule has 0 atom stereocenters. The van der Waals surface area contributed by atoms with Crippen molar-refractivity contribution in [2.75, 3.05) is 27.7 Å². The van der Waals surface area contributed by atoms with Crippen molar-refractivity contribution in [3.05, 3.63) is 35.4 Å². The van der Waals surface area contributed by atoms with E-state index in [1.165, 1.54) is 38.4 Å². The predicted molar refractivity (Wildman–Crippen MR) is 84.4 cm³/mol. The summed E-state index contributed by atoms with van der Waals surface area (Å²) >= 11 is 0. The highest BCUT2D eigenvalue weighted by Gasteiger charge is 2.35. The van der Waals surface area contributed by atoms with Crippen LogP contribution in [0.25, 0.3) is 0 Å². The fourth-order valence-electron chi connectivity index (χ4n) is 3.13. The van der Waals surface area contributed by atoms with Crippen LogP contribution < -0.4 is 5.32 Å². The molecule has 0 heterocycles. The number of hydrogen-bond donors (Lipinski definition) is 1. The molecule has 0 aliphatic heterocycles. The second-order valence-corrected chi connectivity index (χ2v) is 6.12. The van der Waals surface area contributed by atoms with Gasteiger partial charge in [-0.1, -0.05) is 25.0 Å². The van der Waals surface area contributed by atoms with Crippen LogP contribution in [0, 0.1) is 0 Å². The first kappa shape index (κ1) is 16.0. The molecule has 1 fully saturated rings. The van der Waals surface area contributed by atoms with E-state index in [9.17, 15) is 4.79 Å². The van der Waals surface area contributed by atoms with Crippen LogP contribution in [-0.2, 0) is 11.3 Å². The van der Waals surface area contributed by atoms with Gasteiger partial charge in [0.1, 0.15) is 0 Å². The van der Waals surface area contributed by atoms with Crippen LogP contribution in [0.5, 0.6) is 0 Å². The second kappa shape index (κ2) is 7.05. The number of benzene rings is 1. The lowest BCUT2D eigenvalue weighted by molar-refractivity contribution is 0.0600. The Kier molecular flexibility index (Phi) is 5.37. The number of nitrogens with zero attached hydrogens (tertiary/aromatic N) is 1. The van der Waals surface area contributed by atoms with E-state index in [4.69, 9.17) is 4.74 Å². The Labute approximate surface area is 127 Å². The lowest BCUT2D eigenvalue weighted by Crippen LogP contribution is -2.49. The molecule has 2 rings (SSSR count). The minimum atomic E-state index is -0.285. The summed E-state index contributed by atoms with van der Waals surface area (Å²) in [6, 6.07) is 7.60.